The van der Waals surface area contributed by atoms with E-state index in [1.54, 1.807) is 12.1 Å². The lowest BCUT2D eigenvalue weighted by molar-refractivity contribution is 0.474. The third-order valence-electron chi connectivity index (χ3n) is 3.80. The second-order valence-electron chi connectivity index (χ2n) is 5.37. The van der Waals surface area contributed by atoms with Gasteiger partial charge < -0.3 is 15.3 Å². The Labute approximate surface area is 154 Å². The molecule has 0 atom stereocenters. The first kappa shape index (κ1) is 17.6. The molecule has 0 aromatic heterocycles. The predicted molar refractivity (Wildman–Crippen MR) is 106 cm³/mol. The average Bonchev–Trinajstić information content (AvgIpc) is 2.95. The molecule has 5 heteroatoms. The van der Waals surface area contributed by atoms with Gasteiger partial charge in [-0.1, -0.05) is 30.3 Å². The normalized spacial score (nSPS) is 13.4. The van der Waals surface area contributed by atoms with Gasteiger partial charge in [0.1, 0.15) is 5.75 Å². The van der Waals surface area contributed by atoms with Crippen molar-refractivity contribution in [3.05, 3.63) is 59.7 Å². The highest BCUT2D eigenvalue weighted by atomic mass is 127. The van der Waals surface area contributed by atoms with Crippen LogP contribution in [0.25, 0.3) is 0 Å². The zero-order chi connectivity index (χ0) is 15.4. The number of anilines is 1. The molecule has 23 heavy (non-hydrogen) atoms. The number of phenols is 1. The maximum atomic E-state index is 9.55. The molecule has 2 N–H and O–H groups in total. The molecule has 0 spiro atoms. The molecule has 0 amide bonds. The number of halogens is 1. The fourth-order valence-corrected chi connectivity index (χ4v) is 2.77. The van der Waals surface area contributed by atoms with E-state index < -0.39 is 0 Å². The lowest BCUT2D eigenvalue weighted by Gasteiger charge is -2.22. The van der Waals surface area contributed by atoms with Crippen LogP contribution in [0.2, 0.25) is 0 Å². The molecule has 1 aliphatic heterocycles. The molecular formula is C18H22IN3O. The molecule has 1 aliphatic rings. The van der Waals surface area contributed by atoms with Crippen molar-refractivity contribution in [1.29, 1.82) is 0 Å². The molecule has 0 aliphatic carbocycles. The quantitative estimate of drug-likeness (QED) is 0.451. The molecule has 0 unspecified atom stereocenters. The molecule has 0 fully saturated rings. The number of hydrogen-bond acceptors (Lipinski definition) is 2. The van der Waals surface area contributed by atoms with Crippen molar-refractivity contribution < 1.29 is 5.11 Å². The smallest absolute Gasteiger partial charge is 0.198 e. The molecular weight excluding hydrogens is 401 g/mol. The predicted octanol–water partition coefficient (Wildman–Crippen LogP) is 3.54. The van der Waals surface area contributed by atoms with Crippen LogP contribution in [0.5, 0.6) is 5.75 Å². The Kier molecular flexibility index (Phi) is 6.27. The van der Waals surface area contributed by atoms with Crippen molar-refractivity contribution >= 4 is 35.6 Å². The summed E-state index contributed by atoms with van der Waals surface area (Å²) in [5.41, 5.74) is 3.60. The Morgan fingerprint density at radius 1 is 1.22 bits per heavy atom. The van der Waals surface area contributed by atoms with E-state index in [0.717, 1.165) is 31.0 Å². The minimum atomic E-state index is 0. The van der Waals surface area contributed by atoms with Gasteiger partial charge in [-0.15, -0.1) is 24.0 Å². The second kappa shape index (κ2) is 8.19. The van der Waals surface area contributed by atoms with Gasteiger partial charge in [-0.25, -0.2) is 4.99 Å². The molecule has 0 bridgehead atoms. The SMILES string of the molecule is CCNC(=NCc1cccc(O)c1)N1CCc2ccccc21.I. The van der Waals surface area contributed by atoms with E-state index >= 15 is 0 Å². The van der Waals surface area contributed by atoms with Gasteiger partial charge in [-0.2, -0.15) is 0 Å². The van der Waals surface area contributed by atoms with Crippen LogP contribution in [-0.2, 0) is 13.0 Å². The van der Waals surface area contributed by atoms with E-state index in [0.29, 0.717) is 6.54 Å². The van der Waals surface area contributed by atoms with Gasteiger partial charge in [0.05, 0.1) is 6.54 Å². The number of guanidine groups is 1. The number of para-hydroxylation sites is 1. The average molecular weight is 423 g/mol. The summed E-state index contributed by atoms with van der Waals surface area (Å²) in [6, 6.07) is 15.7. The van der Waals surface area contributed by atoms with E-state index in [-0.39, 0.29) is 29.7 Å². The topological polar surface area (TPSA) is 47.9 Å². The number of nitrogens with one attached hydrogen (secondary N) is 1. The van der Waals surface area contributed by atoms with E-state index in [4.69, 9.17) is 4.99 Å². The maximum Gasteiger partial charge on any atom is 0.198 e. The third kappa shape index (κ3) is 4.16. The Hall–Kier alpha value is -1.76. The zero-order valence-corrected chi connectivity index (χ0v) is 15.5. The fraction of sp³-hybridized carbons (Fsp3) is 0.278. The summed E-state index contributed by atoms with van der Waals surface area (Å²) in [5, 5.41) is 12.9. The van der Waals surface area contributed by atoms with Gasteiger partial charge in [0.15, 0.2) is 5.96 Å². The number of aliphatic imine (C=N–C) groups is 1. The van der Waals surface area contributed by atoms with Crippen LogP contribution in [0, 0.1) is 0 Å². The van der Waals surface area contributed by atoms with E-state index in [9.17, 15) is 5.11 Å². The minimum absolute atomic E-state index is 0. The number of nitrogens with zero attached hydrogens (tertiary/aromatic N) is 2. The molecule has 3 rings (SSSR count). The minimum Gasteiger partial charge on any atom is -0.508 e. The van der Waals surface area contributed by atoms with Crippen LogP contribution in [0.3, 0.4) is 0 Å². The number of phenolic OH excluding ortho intramolecular Hbond substituents is 1. The molecule has 2 aromatic rings. The van der Waals surface area contributed by atoms with Crippen LogP contribution in [-0.4, -0.2) is 24.2 Å². The molecule has 4 nitrogen and oxygen atoms in total. The number of aromatic hydroxyl groups is 1. The zero-order valence-electron chi connectivity index (χ0n) is 13.2. The van der Waals surface area contributed by atoms with Crippen LogP contribution >= 0.6 is 24.0 Å². The highest BCUT2D eigenvalue weighted by molar-refractivity contribution is 14.0. The lowest BCUT2D eigenvalue weighted by atomic mass is 10.2. The summed E-state index contributed by atoms with van der Waals surface area (Å²) in [7, 11) is 0. The summed E-state index contributed by atoms with van der Waals surface area (Å²) in [4.78, 5) is 6.96. The Bertz CT molecular complexity index is 687. The van der Waals surface area contributed by atoms with Crippen molar-refractivity contribution in [3.8, 4) is 5.75 Å². The van der Waals surface area contributed by atoms with Crippen molar-refractivity contribution in [2.24, 2.45) is 4.99 Å². The molecule has 0 saturated heterocycles. The maximum absolute atomic E-state index is 9.55. The molecule has 0 saturated carbocycles. The standard InChI is InChI=1S/C18H21N3O.HI/c1-2-19-18(20-13-14-6-5-8-16(22)12-14)21-11-10-15-7-3-4-9-17(15)21;/h3-9,12,22H,2,10-11,13H2,1H3,(H,19,20);1H. The van der Waals surface area contributed by atoms with E-state index in [2.05, 4.69) is 41.4 Å². The summed E-state index contributed by atoms with van der Waals surface area (Å²) >= 11 is 0. The first-order valence-corrected chi connectivity index (χ1v) is 7.69. The first-order valence-electron chi connectivity index (χ1n) is 7.69. The van der Waals surface area contributed by atoms with Gasteiger partial charge in [0.2, 0.25) is 0 Å². The van der Waals surface area contributed by atoms with Crippen LogP contribution < -0.4 is 10.2 Å². The fourth-order valence-electron chi connectivity index (χ4n) is 2.77. The number of rotatable bonds is 3. The third-order valence-corrected chi connectivity index (χ3v) is 3.80. The van der Waals surface area contributed by atoms with Gasteiger partial charge in [0, 0.05) is 18.8 Å². The van der Waals surface area contributed by atoms with Crippen molar-refractivity contribution in [3.63, 3.8) is 0 Å². The van der Waals surface area contributed by atoms with Crippen LogP contribution in [0.4, 0.5) is 5.69 Å². The summed E-state index contributed by atoms with van der Waals surface area (Å²) in [6.07, 6.45) is 1.05. The molecule has 2 aromatic carbocycles. The van der Waals surface area contributed by atoms with Crippen LogP contribution in [0.1, 0.15) is 18.1 Å². The van der Waals surface area contributed by atoms with Gasteiger partial charge in [-0.05, 0) is 42.7 Å². The summed E-state index contributed by atoms with van der Waals surface area (Å²) in [5.74, 6) is 1.18. The summed E-state index contributed by atoms with van der Waals surface area (Å²) in [6.45, 7) is 4.41. The Morgan fingerprint density at radius 2 is 2.04 bits per heavy atom. The molecule has 122 valence electrons. The Morgan fingerprint density at radius 3 is 2.83 bits per heavy atom. The largest absolute Gasteiger partial charge is 0.508 e. The highest BCUT2D eigenvalue weighted by Gasteiger charge is 2.22. The van der Waals surface area contributed by atoms with Gasteiger partial charge in [0.25, 0.3) is 0 Å². The first-order chi connectivity index (χ1) is 10.8. The van der Waals surface area contributed by atoms with Crippen molar-refractivity contribution in [1.82, 2.24) is 5.32 Å². The number of hydrogen-bond donors (Lipinski definition) is 2. The van der Waals surface area contributed by atoms with E-state index in [1.165, 1.54) is 11.3 Å². The number of fused-ring (bicyclic) bond motifs is 1. The van der Waals surface area contributed by atoms with Gasteiger partial charge in [-0.3, -0.25) is 0 Å². The Balaban J connectivity index is 0.00000192. The van der Waals surface area contributed by atoms with Gasteiger partial charge >= 0.3 is 0 Å². The van der Waals surface area contributed by atoms with E-state index in [1.807, 2.05) is 12.1 Å². The summed E-state index contributed by atoms with van der Waals surface area (Å²) < 4.78 is 0. The lowest BCUT2D eigenvalue weighted by Crippen LogP contribution is -2.40. The van der Waals surface area contributed by atoms with Crippen molar-refractivity contribution in [2.45, 2.75) is 19.9 Å². The van der Waals surface area contributed by atoms with Crippen LogP contribution in [0.15, 0.2) is 53.5 Å². The molecule has 1 heterocycles. The number of benzene rings is 2. The monoisotopic (exact) mass is 423 g/mol. The van der Waals surface area contributed by atoms with Crippen molar-refractivity contribution in [2.75, 3.05) is 18.0 Å². The molecule has 0 radical (unpaired) electrons. The highest BCUT2D eigenvalue weighted by Crippen LogP contribution is 2.27. The second-order valence-corrected chi connectivity index (χ2v) is 5.37.